The van der Waals surface area contributed by atoms with E-state index >= 15 is 0 Å². The van der Waals surface area contributed by atoms with Crippen LogP contribution in [0.4, 0.5) is 5.88 Å². The third-order valence-corrected chi connectivity index (χ3v) is 6.59. The number of fused-ring (bicyclic) bond motifs is 1. The minimum absolute atomic E-state index is 0.00689. The van der Waals surface area contributed by atoms with Crippen molar-refractivity contribution in [1.29, 1.82) is 0 Å². The van der Waals surface area contributed by atoms with Crippen LogP contribution in [0.2, 0.25) is 0 Å². The Morgan fingerprint density at radius 3 is 2.48 bits per heavy atom. The van der Waals surface area contributed by atoms with Gasteiger partial charge in [-0.3, -0.25) is 4.79 Å². The zero-order valence-electron chi connectivity index (χ0n) is 19.1. The molecule has 170 valence electrons. The number of aromatic nitrogens is 1. The smallest absolute Gasteiger partial charge is 0.233 e. The fourth-order valence-electron chi connectivity index (χ4n) is 5.03. The highest BCUT2D eigenvalue weighted by atomic mass is 16.5. The molecule has 0 spiro atoms. The van der Waals surface area contributed by atoms with E-state index in [0.29, 0.717) is 30.2 Å². The van der Waals surface area contributed by atoms with E-state index in [1.807, 2.05) is 49.4 Å². The molecule has 0 amide bonds. The lowest BCUT2D eigenvalue weighted by Crippen LogP contribution is -2.29. The fourth-order valence-corrected chi connectivity index (χ4v) is 5.03. The predicted molar refractivity (Wildman–Crippen MR) is 123 cm³/mol. The molecule has 0 fully saturated rings. The summed E-state index contributed by atoms with van der Waals surface area (Å²) in [6.07, 6.45) is 1.07. The van der Waals surface area contributed by atoms with Gasteiger partial charge in [0.1, 0.15) is 5.75 Å². The Labute approximate surface area is 192 Å². The highest BCUT2D eigenvalue weighted by Gasteiger charge is 2.42. The number of carbonyl (C=O) groups is 1. The Balaban J connectivity index is 1.60. The molecular formula is C26H26N2O5. The van der Waals surface area contributed by atoms with Gasteiger partial charge in [-0.1, -0.05) is 29.4 Å². The number of hydrogen-bond donors (Lipinski definition) is 1. The topological polar surface area (TPSA) is 82.8 Å². The average Bonchev–Trinajstić information content (AvgIpc) is 3.22. The number of para-hydroxylation sites is 1. The van der Waals surface area contributed by atoms with Gasteiger partial charge in [0.2, 0.25) is 5.88 Å². The monoisotopic (exact) mass is 446 g/mol. The number of benzene rings is 2. The fraction of sp³-hybridized carbons (Fsp3) is 0.308. The lowest BCUT2D eigenvalue weighted by Gasteiger charge is -2.35. The molecule has 0 bridgehead atoms. The highest BCUT2D eigenvalue weighted by Crippen LogP contribution is 2.51. The molecule has 0 saturated carbocycles. The molecule has 2 aliphatic rings. The molecule has 33 heavy (non-hydrogen) atoms. The number of hydrogen-bond acceptors (Lipinski definition) is 7. The maximum absolute atomic E-state index is 13.7. The summed E-state index contributed by atoms with van der Waals surface area (Å²) in [5.74, 6) is 2.45. The molecule has 5 rings (SSSR count). The van der Waals surface area contributed by atoms with Gasteiger partial charge >= 0.3 is 0 Å². The molecule has 3 aromatic rings. The van der Waals surface area contributed by atoms with Crippen molar-refractivity contribution in [3.05, 3.63) is 76.1 Å². The molecule has 0 saturated heterocycles. The Bertz CT molecular complexity index is 1260. The largest absolute Gasteiger partial charge is 0.496 e. The number of methoxy groups -OCH3 is 3. The summed E-state index contributed by atoms with van der Waals surface area (Å²) in [5, 5.41) is 7.56. The number of ether oxygens (including phenoxy) is 3. The first-order chi connectivity index (χ1) is 16.0. The standard InChI is InChI=1S/C26H26N2O5/c1-14-23-24(17-7-5-6-8-20(17)30-2)25-18(27-26(23)33-28-14)11-16(12-19(25)29)15-9-10-21(31-3)22(13-15)32-4/h5-10,13,16,24,27H,11-12H2,1-4H3/t16-,24+/m1/s1. The van der Waals surface area contributed by atoms with Crippen molar-refractivity contribution in [2.45, 2.75) is 31.6 Å². The first-order valence-corrected chi connectivity index (χ1v) is 10.9. The Morgan fingerprint density at radius 2 is 1.73 bits per heavy atom. The molecular weight excluding hydrogens is 420 g/mol. The summed E-state index contributed by atoms with van der Waals surface area (Å²) in [6.45, 7) is 1.90. The van der Waals surface area contributed by atoms with E-state index < -0.39 is 0 Å². The quantitative estimate of drug-likeness (QED) is 0.593. The van der Waals surface area contributed by atoms with Gasteiger partial charge in [0.05, 0.1) is 38.5 Å². The number of anilines is 1. The number of rotatable bonds is 5. The van der Waals surface area contributed by atoms with Crippen molar-refractivity contribution in [1.82, 2.24) is 5.16 Å². The molecule has 1 aliphatic heterocycles. The SMILES string of the molecule is COc1ccc([C@H]2CC(=O)C3=C(C2)Nc2onc(C)c2[C@@H]3c2ccccc2OC)cc1OC. The molecule has 7 nitrogen and oxygen atoms in total. The normalized spacial score (nSPS) is 19.5. The van der Waals surface area contributed by atoms with Crippen LogP contribution >= 0.6 is 0 Å². The third-order valence-electron chi connectivity index (χ3n) is 6.59. The van der Waals surface area contributed by atoms with E-state index in [9.17, 15) is 4.79 Å². The van der Waals surface area contributed by atoms with Crippen LogP contribution in [0.15, 0.2) is 58.3 Å². The lowest BCUT2D eigenvalue weighted by atomic mass is 9.72. The maximum Gasteiger partial charge on any atom is 0.233 e. The van der Waals surface area contributed by atoms with Crippen molar-refractivity contribution >= 4 is 11.7 Å². The van der Waals surface area contributed by atoms with Crippen molar-refractivity contribution in [2.24, 2.45) is 0 Å². The predicted octanol–water partition coefficient (Wildman–Crippen LogP) is 4.97. The highest BCUT2D eigenvalue weighted by molar-refractivity contribution is 6.01. The Morgan fingerprint density at radius 1 is 0.970 bits per heavy atom. The average molecular weight is 447 g/mol. The summed E-state index contributed by atoms with van der Waals surface area (Å²) in [6, 6.07) is 13.6. The summed E-state index contributed by atoms with van der Waals surface area (Å²) in [5.41, 5.74) is 5.23. The van der Waals surface area contributed by atoms with Crippen LogP contribution in [0.25, 0.3) is 0 Å². The number of ketones is 1. The zero-order valence-corrected chi connectivity index (χ0v) is 19.1. The van der Waals surface area contributed by atoms with Gasteiger partial charge in [-0.05, 0) is 43.0 Å². The second-order valence-corrected chi connectivity index (χ2v) is 8.35. The number of nitrogens with one attached hydrogen (secondary N) is 1. The molecule has 2 aromatic carbocycles. The molecule has 1 aliphatic carbocycles. The maximum atomic E-state index is 13.7. The first kappa shape index (κ1) is 21.1. The van der Waals surface area contributed by atoms with E-state index in [1.54, 1.807) is 21.3 Å². The van der Waals surface area contributed by atoms with Gasteiger partial charge in [-0.25, -0.2) is 0 Å². The van der Waals surface area contributed by atoms with E-state index in [2.05, 4.69) is 10.5 Å². The minimum Gasteiger partial charge on any atom is -0.496 e. The van der Waals surface area contributed by atoms with Crippen LogP contribution in [0.5, 0.6) is 17.2 Å². The molecule has 1 aromatic heterocycles. The van der Waals surface area contributed by atoms with Crippen molar-refractivity contribution in [3.8, 4) is 17.2 Å². The van der Waals surface area contributed by atoms with Gasteiger partial charge in [0.25, 0.3) is 0 Å². The summed E-state index contributed by atoms with van der Waals surface area (Å²) >= 11 is 0. The van der Waals surface area contributed by atoms with Crippen molar-refractivity contribution in [3.63, 3.8) is 0 Å². The van der Waals surface area contributed by atoms with E-state index in [1.165, 1.54) is 0 Å². The first-order valence-electron chi connectivity index (χ1n) is 10.9. The van der Waals surface area contributed by atoms with Gasteiger partial charge < -0.3 is 24.1 Å². The van der Waals surface area contributed by atoms with Crippen LogP contribution < -0.4 is 19.5 Å². The Hall–Kier alpha value is -3.74. The summed E-state index contributed by atoms with van der Waals surface area (Å²) in [4.78, 5) is 13.7. The number of nitrogens with zero attached hydrogens (tertiary/aromatic N) is 1. The van der Waals surface area contributed by atoms with Gasteiger partial charge in [0.15, 0.2) is 17.3 Å². The van der Waals surface area contributed by atoms with Crippen LogP contribution in [0.3, 0.4) is 0 Å². The number of carbonyl (C=O) groups excluding carboxylic acids is 1. The number of aryl methyl sites for hydroxylation is 1. The molecule has 7 heteroatoms. The van der Waals surface area contributed by atoms with Gasteiger partial charge in [-0.2, -0.15) is 0 Å². The zero-order chi connectivity index (χ0) is 23.1. The van der Waals surface area contributed by atoms with Crippen LogP contribution in [0, 0.1) is 6.92 Å². The molecule has 0 unspecified atom stereocenters. The van der Waals surface area contributed by atoms with Crippen LogP contribution in [0.1, 0.15) is 47.1 Å². The number of allylic oxidation sites excluding steroid dienone is 2. The second kappa shape index (κ2) is 8.31. The van der Waals surface area contributed by atoms with Crippen LogP contribution in [-0.4, -0.2) is 32.3 Å². The van der Waals surface area contributed by atoms with Crippen molar-refractivity contribution < 1.29 is 23.5 Å². The second-order valence-electron chi connectivity index (χ2n) is 8.35. The lowest BCUT2D eigenvalue weighted by molar-refractivity contribution is -0.116. The summed E-state index contributed by atoms with van der Waals surface area (Å²) in [7, 11) is 4.87. The van der Waals surface area contributed by atoms with E-state index in [0.717, 1.165) is 39.4 Å². The molecule has 2 heterocycles. The van der Waals surface area contributed by atoms with Crippen molar-refractivity contribution in [2.75, 3.05) is 26.6 Å². The van der Waals surface area contributed by atoms with Gasteiger partial charge in [-0.15, -0.1) is 0 Å². The van der Waals surface area contributed by atoms with E-state index in [-0.39, 0.29) is 17.6 Å². The van der Waals surface area contributed by atoms with E-state index in [4.69, 9.17) is 18.7 Å². The Kier molecular flexibility index (Phi) is 5.32. The van der Waals surface area contributed by atoms with Crippen LogP contribution in [-0.2, 0) is 4.79 Å². The molecule has 2 atom stereocenters. The van der Waals surface area contributed by atoms with Gasteiger partial charge in [0, 0.05) is 23.3 Å². The molecule has 0 radical (unpaired) electrons. The number of Topliss-reactive ketones (excluding diaryl/α,β-unsaturated/α-hetero) is 1. The molecule has 1 N–H and O–H groups in total. The summed E-state index contributed by atoms with van der Waals surface area (Å²) < 4.78 is 22.1. The minimum atomic E-state index is -0.294. The third kappa shape index (κ3) is 3.44.